The first-order valence-electron chi connectivity index (χ1n) is 12.0. The van der Waals surface area contributed by atoms with Crippen LogP contribution in [-0.2, 0) is 11.3 Å². The van der Waals surface area contributed by atoms with Crippen LogP contribution in [-0.4, -0.2) is 34.1 Å². The maximum absolute atomic E-state index is 12.9. The summed E-state index contributed by atoms with van der Waals surface area (Å²) in [5.41, 5.74) is 0.436. The lowest BCUT2D eigenvalue weighted by molar-refractivity contribution is -0.142. The highest BCUT2D eigenvalue weighted by Crippen LogP contribution is 2.55. The number of aromatic nitrogens is 1. The van der Waals surface area contributed by atoms with E-state index in [2.05, 4.69) is 29.5 Å². The van der Waals surface area contributed by atoms with Crippen molar-refractivity contribution in [2.24, 2.45) is 29.1 Å². The minimum atomic E-state index is -0.573. The van der Waals surface area contributed by atoms with E-state index >= 15 is 0 Å². The van der Waals surface area contributed by atoms with Crippen molar-refractivity contribution in [3.63, 3.8) is 0 Å². The summed E-state index contributed by atoms with van der Waals surface area (Å²) in [6.45, 7) is 6.88. The Morgan fingerprint density at radius 2 is 2.03 bits per heavy atom. The van der Waals surface area contributed by atoms with Crippen LogP contribution in [0.5, 0.6) is 0 Å². The summed E-state index contributed by atoms with van der Waals surface area (Å²) in [6, 6.07) is 9.29. The molecule has 0 saturated heterocycles. The zero-order valence-corrected chi connectivity index (χ0v) is 20.5. The van der Waals surface area contributed by atoms with Gasteiger partial charge in [0.1, 0.15) is 5.69 Å². The Hall–Kier alpha value is -2.25. The molecule has 2 fully saturated rings. The second-order valence-corrected chi connectivity index (χ2v) is 11.2. The van der Waals surface area contributed by atoms with E-state index in [1.54, 1.807) is 29.7 Å². The largest absolute Gasteiger partial charge is 0.392 e. The van der Waals surface area contributed by atoms with Crippen molar-refractivity contribution in [1.82, 2.24) is 15.6 Å². The van der Waals surface area contributed by atoms with Crippen molar-refractivity contribution >= 4 is 23.2 Å². The van der Waals surface area contributed by atoms with Crippen LogP contribution in [0.1, 0.15) is 61.8 Å². The summed E-state index contributed by atoms with van der Waals surface area (Å²) in [5, 5.41) is 19.8. The van der Waals surface area contributed by atoms with Gasteiger partial charge in [0.15, 0.2) is 0 Å². The minimum Gasteiger partial charge on any atom is -0.392 e. The molecule has 2 aromatic rings. The third-order valence-corrected chi connectivity index (χ3v) is 9.05. The standard InChI is InChI=1S/C26H35N3O3S/c1-16(24(31)28-15-18-7-6-14-33-18)19-9-11-26(3)12-10-20(17(2)22(26)23(19)30)29-25(32)21-8-4-5-13-27-21/h4-8,13-14,16-17,19-20,22-23,30H,9-12,15H2,1-3H3,(H,28,31)(H,29,32)/t16-,17+,19+,20-,22+,23-,26-/m0/s1. The van der Waals surface area contributed by atoms with E-state index in [1.807, 2.05) is 30.5 Å². The highest BCUT2D eigenvalue weighted by molar-refractivity contribution is 7.09. The van der Waals surface area contributed by atoms with Gasteiger partial charge < -0.3 is 15.7 Å². The van der Waals surface area contributed by atoms with Gasteiger partial charge in [-0.1, -0.05) is 32.9 Å². The van der Waals surface area contributed by atoms with Crippen molar-refractivity contribution in [2.75, 3.05) is 0 Å². The van der Waals surface area contributed by atoms with E-state index in [4.69, 9.17) is 0 Å². The third kappa shape index (κ3) is 4.99. The Labute approximate surface area is 200 Å². The number of carbonyl (C=O) groups is 2. The van der Waals surface area contributed by atoms with Gasteiger partial charge in [0.2, 0.25) is 5.91 Å². The van der Waals surface area contributed by atoms with Gasteiger partial charge in [0.05, 0.1) is 12.6 Å². The number of fused-ring (bicyclic) bond motifs is 1. The summed E-state index contributed by atoms with van der Waals surface area (Å²) in [6.07, 6.45) is 4.73. The second kappa shape index (κ2) is 9.94. The van der Waals surface area contributed by atoms with Crippen molar-refractivity contribution in [3.8, 4) is 0 Å². The predicted octanol–water partition coefficient (Wildman–Crippen LogP) is 4.02. The molecular formula is C26H35N3O3S. The molecule has 0 aromatic carbocycles. The molecule has 0 unspecified atom stereocenters. The molecule has 2 aliphatic rings. The van der Waals surface area contributed by atoms with Gasteiger partial charge in [-0.05, 0) is 72.4 Å². The lowest BCUT2D eigenvalue weighted by atomic mass is 9.51. The van der Waals surface area contributed by atoms with E-state index in [1.165, 1.54) is 0 Å². The zero-order chi connectivity index (χ0) is 23.6. The molecule has 6 nitrogen and oxygen atoms in total. The molecule has 7 heteroatoms. The number of hydrogen-bond donors (Lipinski definition) is 3. The predicted molar refractivity (Wildman–Crippen MR) is 130 cm³/mol. The van der Waals surface area contributed by atoms with Gasteiger partial charge in [0.25, 0.3) is 5.91 Å². The maximum atomic E-state index is 12.9. The topological polar surface area (TPSA) is 91.3 Å². The normalized spacial score (nSPS) is 32.4. The van der Waals surface area contributed by atoms with Crippen LogP contribution in [0.4, 0.5) is 0 Å². The molecule has 7 atom stereocenters. The average Bonchev–Trinajstić information content (AvgIpc) is 3.33. The summed E-state index contributed by atoms with van der Waals surface area (Å²) in [4.78, 5) is 30.9. The maximum Gasteiger partial charge on any atom is 0.270 e. The molecule has 2 aliphatic carbocycles. The Morgan fingerprint density at radius 1 is 1.24 bits per heavy atom. The smallest absolute Gasteiger partial charge is 0.270 e. The fourth-order valence-corrected chi connectivity index (χ4v) is 6.82. The van der Waals surface area contributed by atoms with Crippen molar-refractivity contribution < 1.29 is 14.7 Å². The van der Waals surface area contributed by atoms with Crippen LogP contribution >= 0.6 is 11.3 Å². The van der Waals surface area contributed by atoms with Crippen molar-refractivity contribution in [3.05, 3.63) is 52.5 Å². The number of hydrogen-bond acceptors (Lipinski definition) is 5. The second-order valence-electron chi connectivity index (χ2n) is 10.2. The first-order chi connectivity index (χ1) is 15.8. The minimum absolute atomic E-state index is 0.000444. The quantitative estimate of drug-likeness (QED) is 0.596. The van der Waals surface area contributed by atoms with E-state index in [9.17, 15) is 14.7 Å². The number of rotatable bonds is 6. The highest BCUT2D eigenvalue weighted by Gasteiger charge is 2.53. The van der Waals surface area contributed by atoms with Crippen LogP contribution in [0.15, 0.2) is 41.9 Å². The Balaban J connectivity index is 1.43. The van der Waals surface area contributed by atoms with Gasteiger partial charge in [-0.2, -0.15) is 0 Å². The highest BCUT2D eigenvalue weighted by atomic mass is 32.1. The molecule has 4 rings (SSSR count). The zero-order valence-electron chi connectivity index (χ0n) is 19.7. The van der Waals surface area contributed by atoms with Gasteiger partial charge >= 0.3 is 0 Å². The number of pyridine rings is 1. The molecule has 0 spiro atoms. The molecule has 2 amide bonds. The number of nitrogens with zero attached hydrogens (tertiary/aromatic N) is 1. The van der Waals surface area contributed by atoms with E-state index < -0.39 is 6.10 Å². The van der Waals surface area contributed by atoms with Crippen LogP contribution in [0.2, 0.25) is 0 Å². The van der Waals surface area contributed by atoms with Crippen LogP contribution in [0.25, 0.3) is 0 Å². The fourth-order valence-electron chi connectivity index (χ4n) is 6.18. The number of carbonyl (C=O) groups excluding carboxylic acids is 2. The summed E-state index contributed by atoms with van der Waals surface area (Å²) < 4.78 is 0. The molecule has 2 heterocycles. The number of aliphatic hydroxyl groups excluding tert-OH is 1. The van der Waals surface area contributed by atoms with Crippen molar-refractivity contribution in [1.29, 1.82) is 0 Å². The number of thiophene rings is 1. The summed E-state index contributed by atoms with van der Waals surface area (Å²) >= 11 is 1.63. The van der Waals surface area contributed by atoms with E-state index in [-0.39, 0.29) is 46.9 Å². The molecule has 0 aliphatic heterocycles. The lowest BCUT2D eigenvalue weighted by Crippen LogP contribution is -2.58. The monoisotopic (exact) mass is 469 g/mol. The molecule has 2 aromatic heterocycles. The van der Waals surface area contributed by atoms with Gasteiger partial charge in [0, 0.05) is 23.0 Å². The van der Waals surface area contributed by atoms with Gasteiger partial charge in [-0.15, -0.1) is 11.3 Å². The molecule has 2 saturated carbocycles. The molecule has 33 heavy (non-hydrogen) atoms. The first-order valence-corrected chi connectivity index (χ1v) is 12.9. The number of amides is 2. The Morgan fingerprint density at radius 3 is 2.73 bits per heavy atom. The molecular weight excluding hydrogens is 434 g/mol. The molecule has 0 bridgehead atoms. The van der Waals surface area contributed by atoms with Crippen LogP contribution in [0, 0.1) is 29.1 Å². The molecule has 0 radical (unpaired) electrons. The average molecular weight is 470 g/mol. The lowest BCUT2D eigenvalue weighted by Gasteiger charge is -2.56. The third-order valence-electron chi connectivity index (χ3n) is 8.17. The van der Waals surface area contributed by atoms with Crippen molar-refractivity contribution in [2.45, 2.75) is 65.1 Å². The number of nitrogens with one attached hydrogen (secondary N) is 2. The van der Waals surface area contributed by atoms with E-state index in [0.717, 1.165) is 30.6 Å². The van der Waals surface area contributed by atoms with Gasteiger partial charge in [-0.3, -0.25) is 14.6 Å². The summed E-state index contributed by atoms with van der Waals surface area (Å²) in [7, 11) is 0. The summed E-state index contributed by atoms with van der Waals surface area (Å²) in [5.74, 6) is -0.375. The van der Waals surface area contributed by atoms with Crippen LogP contribution in [0.3, 0.4) is 0 Å². The Kier molecular flexibility index (Phi) is 7.19. The first kappa shape index (κ1) is 23.9. The van der Waals surface area contributed by atoms with Crippen LogP contribution < -0.4 is 10.6 Å². The molecule has 178 valence electrons. The van der Waals surface area contributed by atoms with Gasteiger partial charge in [-0.25, -0.2) is 0 Å². The molecule has 3 N–H and O–H groups in total. The number of aliphatic hydroxyl groups is 1. The van der Waals surface area contributed by atoms with E-state index in [0.29, 0.717) is 12.2 Å². The fraction of sp³-hybridized carbons (Fsp3) is 0.577. The Bertz CT molecular complexity index is 951. The SMILES string of the molecule is C[C@H]1[C@@H]2[C@@H](O)[C@@H]([C@H](C)C(=O)NCc3cccs3)CC[C@@]2(C)CC[C@@H]1NC(=O)c1ccccn1.